The van der Waals surface area contributed by atoms with Gasteiger partial charge < -0.3 is 0 Å². The van der Waals surface area contributed by atoms with Gasteiger partial charge in [-0.2, -0.15) is 0 Å². The van der Waals surface area contributed by atoms with Crippen molar-refractivity contribution in [1.29, 1.82) is 0 Å². The van der Waals surface area contributed by atoms with Crippen LogP contribution in [0.25, 0.3) is 16.1 Å². The zero-order valence-corrected chi connectivity index (χ0v) is 6.94. The predicted octanol–water partition coefficient (Wildman–Crippen LogP) is 3.53. The third-order valence-corrected chi connectivity index (χ3v) is 1.53. The van der Waals surface area contributed by atoms with Crippen molar-refractivity contribution in [2.24, 2.45) is 5.11 Å². The number of hydrogen-bond acceptors (Lipinski definition) is 1. The molecule has 0 aliphatic heterocycles. The number of benzene rings is 1. The van der Waals surface area contributed by atoms with Gasteiger partial charge in [0.1, 0.15) is 0 Å². The summed E-state index contributed by atoms with van der Waals surface area (Å²) in [6.45, 7) is 0. The first-order valence-electron chi connectivity index (χ1n) is 3.29. The zero-order valence-electron chi connectivity index (χ0n) is 6.18. The van der Waals surface area contributed by atoms with E-state index in [-0.39, 0.29) is 0 Å². The van der Waals surface area contributed by atoms with E-state index in [4.69, 9.17) is 17.1 Å². The molecule has 0 radical (unpaired) electrons. The third kappa shape index (κ3) is 2.02. The molecule has 0 N–H and O–H groups in total. The maximum Gasteiger partial charge on any atom is 0.0560 e. The van der Waals surface area contributed by atoms with E-state index in [1.165, 1.54) is 5.54 Å². The van der Waals surface area contributed by atoms with Crippen molar-refractivity contribution < 1.29 is 0 Å². The lowest BCUT2D eigenvalue weighted by atomic mass is 10.2. The van der Waals surface area contributed by atoms with Crippen LogP contribution < -0.4 is 0 Å². The highest BCUT2D eigenvalue weighted by atomic mass is 35.5. The first-order chi connectivity index (χ1) is 5.88. The van der Waals surface area contributed by atoms with E-state index in [0.29, 0.717) is 5.70 Å². The fraction of sp³-hybridized carbons (Fsp3) is 0. The average molecular weight is 180 g/mol. The highest BCUT2D eigenvalue weighted by Crippen LogP contribution is 2.15. The Labute approximate surface area is 74.9 Å². The van der Waals surface area contributed by atoms with E-state index in [1.54, 1.807) is 0 Å². The highest BCUT2D eigenvalue weighted by Gasteiger charge is 1.94. The van der Waals surface area contributed by atoms with Gasteiger partial charge in [-0.3, -0.25) is 0 Å². The average Bonchev–Trinajstić information content (AvgIpc) is 2.15. The fourth-order valence-corrected chi connectivity index (χ4v) is 0.969. The molecule has 0 atom stereocenters. The van der Waals surface area contributed by atoms with Gasteiger partial charge in [0.15, 0.2) is 0 Å². The van der Waals surface area contributed by atoms with E-state index in [2.05, 4.69) is 10.0 Å². The lowest BCUT2D eigenvalue weighted by Crippen LogP contribution is -1.76. The van der Waals surface area contributed by atoms with Gasteiger partial charge in [0.25, 0.3) is 0 Å². The summed E-state index contributed by atoms with van der Waals surface area (Å²) in [5.41, 5.74) is 10.7. The van der Waals surface area contributed by atoms with Crippen molar-refractivity contribution in [3.8, 4) is 0 Å². The molecule has 3 nitrogen and oxygen atoms in total. The minimum atomic E-state index is 0.430. The van der Waals surface area contributed by atoms with Crippen molar-refractivity contribution in [3.63, 3.8) is 0 Å². The highest BCUT2D eigenvalue weighted by molar-refractivity contribution is 6.28. The quantitative estimate of drug-likeness (QED) is 0.379. The first kappa shape index (κ1) is 8.65. The number of nitrogens with zero attached hydrogens (tertiary/aromatic N) is 3. The number of halogens is 1. The van der Waals surface area contributed by atoms with Crippen LogP contribution in [0.4, 0.5) is 0 Å². The Kier molecular flexibility index (Phi) is 3.20. The number of azide groups is 1. The molecule has 1 aromatic carbocycles. The lowest BCUT2D eigenvalue weighted by Gasteiger charge is -1.96. The third-order valence-electron chi connectivity index (χ3n) is 1.33. The molecule has 0 aromatic heterocycles. The number of rotatable bonds is 2. The van der Waals surface area contributed by atoms with Gasteiger partial charge in [0.2, 0.25) is 0 Å². The Hall–Kier alpha value is -1.44. The minimum absolute atomic E-state index is 0.430. The summed E-state index contributed by atoms with van der Waals surface area (Å²) >= 11 is 5.45. The molecule has 0 aliphatic carbocycles. The summed E-state index contributed by atoms with van der Waals surface area (Å²) in [6.07, 6.45) is 0. The van der Waals surface area contributed by atoms with E-state index < -0.39 is 0 Å². The SMILES string of the molecule is [N-]=[N+]=NC(=CCl)c1ccccc1. The maximum absolute atomic E-state index is 8.19. The van der Waals surface area contributed by atoms with Gasteiger partial charge in [-0.15, -0.1) is 0 Å². The second kappa shape index (κ2) is 4.44. The molecule has 0 saturated heterocycles. The van der Waals surface area contributed by atoms with Crippen LogP contribution in [-0.4, -0.2) is 0 Å². The zero-order chi connectivity index (χ0) is 8.81. The molecule has 60 valence electrons. The Balaban J connectivity index is 3.05. The normalized spacial score (nSPS) is 10.6. The predicted molar refractivity (Wildman–Crippen MR) is 49.4 cm³/mol. The molecule has 0 saturated carbocycles. The van der Waals surface area contributed by atoms with Crippen LogP contribution >= 0.6 is 11.6 Å². The topological polar surface area (TPSA) is 48.8 Å². The van der Waals surface area contributed by atoms with Crippen molar-refractivity contribution in [2.75, 3.05) is 0 Å². The molecular weight excluding hydrogens is 174 g/mol. The van der Waals surface area contributed by atoms with E-state index in [9.17, 15) is 0 Å². The monoisotopic (exact) mass is 179 g/mol. The molecule has 0 fully saturated rings. The summed E-state index contributed by atoms with van der Waals surface area (Å²) < 4.78 is 0. The first-order valence-corrected chi connectivity index (χ1v) is 3.73. The Morgan fingerprint density at radius 1 is 1.42 bits per heavy atom. The fourth-order valence-electron chi connectivity index (χ4n) is 0.800. The minimum Gasteiger partial charge on any atom is -0.0924 e. The Morgan fingerprint density at radius 2 is 2.08 bits per heavy atom. The lowest BCUT2D eigenvalue weighted by molar-refractivity contribution is 1.48. The summed E-state index contributed by atoms with van der Waals surface area (Å²) in [5.74, 6) is 0. The van der Waals surface area contributed by atoms with E-state index in [1.807, 2.05) is 30.3 Å². The maximum atomic E-state index is 8.19. The van der Waals surface area contributed by atoms with Gasteiger partial charge in [-0.05, 0) is 11.1 Å². The molecular formula is C8H6ClN3. The van der Waals surface area contributed by atoms with Crippen molar-refractivity contribution in [1.82, 2.24) is 0 Å². The molecule has 0 unspecified atom stereocenters. The van der Waals surface area contributed by atoms with Gasteiger partial charge in [-0.1, -0.05) is 47.0 Å². The Bertz CT molecular complexity index is 325. The van der Waals surface area contributed by atoms with Crippen LogP contribution in [0.5, 0.6) is 0 Å². The second-order valence-corrected chi connectivity index (χ2v) is 2.27. The molecule has 4 heteroatoms. The van der Waals surface area contributed by atoms with Crippen LogP contribution in [0.15, 0.2) is 41.0 Å². The van der Waals surface area contributed by atoms with Crippen LogP contribution in [0.1, 0.15) is 5.56 Å². The molecule has 0 spiro atoms. The molecule has 1 rings (SSSR count). The van der Waals surface area contributed by atoms with Crippen molar-refractivity contribution in [2.45, 2.75) is 0 Å². The standard InChI is InChI=1S/C8H6ClN3/c9-6-8(11-12-10)7-4-2-1-3-5-7/h1-6H. The van der Waals surface area contributed by atoms with Crippen molar-refractivity contribution in [3.05, 3.63) is 51.9 Å². The van der Waals surface area contributed by atoms with Crippen molar-refractivity contribution >= 4 is 17.3 Å². The van der Waals surface area contributed by atoms with Crippen LogP contribution in [0, 0.1) is 0 Å². The van der Waals surface area contributed by atoms with Gasteiger partial charge in [0.05, 0.1) is 5.70 Å². The molecule has 12 heavy (non-hydrogen) atoms. The summed E-state index contributed by atoms with van der Waals surface area (Å²) in [5, 5.41) is 3.42. The van der Waals surface area contributed by atoms with E-state index in [0.717, 1.165) is 5.56 Å². The van der Waals surface area contributed by atoms with Gasteiger partial charge in [0, 0.05) is 10.4 Å². The van der Waals surface area contributed by atoms with Gasteiger partial charge >= 0.3 is 0 Å². The molecule has 1 aromatic rings. The molecule has 0 amide bonds. The smallest absolute Gasteiger partial charge is 0.0560 e. The van der Waals surface area contributed by atoms with E-state index >= 15 is 0 Å². The summed E-state index contributed by atoms with van der Waals surface area (Å²) in [7, 11) is 0. The summed E-state index contributed by atoms with van der Waals surface area (Å²) in [6, 6.07) is 9.22. The molecule has 0 aliphatic rings. The molecule has 0 heterocycles. The number of hydrogen-bond donors (Lipinski definition) is 0. The van der Waals surface area contributed by atoms with Crippen LogP contribution in [0.3, 0.4) is 0 Å². The van der Waals surface area contributed by atoms with Gasteiger partial charge in [-0.25, -0.2) is 0 Å². The second-order valence-electron chi connectivity index (χ2n) is 2.05. The molecule has 0 bridgehead atoms. The Morgan fingerprint density at radius 3 is 2.58 bits per heavy atom. The largest absolute Gasteiger partial charge is 0.0924 e. The summed E-state index contributed by atoms with van der Waals surface area (Å²) in [4.78, 5) is 2.66. The van der Waals surface area contributed by atoms with Crippen LogP contribution in [0.2, 0.25) is 0 Å². The van der Waals surface area contributed by atoms with Crippen LogP contribution in [-0.2, 0) is 0 Å².